The Morgan fingerprint density at radius 3 is 3.09 bits per heavy atom. The molecule has 2 aliphatic rings. The summed E-state index contributed by atoms with van der Waals surface area (Å²) in [7, 11) is 0. The summed E-state index contributed by atoms with van der Waals surface area (Å²) in [5, 5.41) is 0. The van der Waals surface area contributed by atoms with Crippen LogP contribution in [0.2, 0.25) is 0 Å². The van der Waals surface area contributed by atoms with Gasteiger partial charge in [0.1, 0.15) is 0 Å². The number of morpholine rings is 1. The lowest BCUT2D eigenvalue weighted by Crippen LogP contribution is -2.54. The van der Waals surface area contributed by atoms with Gasteiger partial charge in [-0.15, -0.1) is 0 Å². The Morgan fingerprint density at radius 1 is 1.26 bits per heavy atom. The van der Waals surface area contributed by atoms with Crippen molar-refractivity contribution in [2.45, 2.75) is 50.8 Å². The Kier molecular flexibility index (Phi) is 4.04. The van der Waals surface area contributed by atoms with E-state index in [9.17, 15) is 4.79 Å². The van der Waals surface area contributed by atoms with Gasteiger partial charge in [0.05, 0.1) is 36.1 Å². The minimum absolute atomic E-state index is 0.253. The van der Waals surface area contributed by atoms with Crippen molar-refractivity contribution in [3.63, 3.8) is 0 Å². The second-order valence-electron chi connectivity index (χ2n) is 6.52. The number of hydrogen-bond donors (Lipinski definition) is 0. The van der Waals surface area contributed by atoms with Crippen LogP contribution in [0.1, 0.15) is 32.1 Å². The van der Waals surface area contributed by atoms with Gasteiger partial charge in [0, 0.05) is 19.5 Å². The Bertz CT molecular complexity index is 694. The van der Waals surface area contributed by atoms with Crippen LogP contribution in [0.5, 0.6) is 0 Å². The Morgan fingerprint density at radius 2 is 2.13 bits per heavy atom. The molecule has 1 aromatic heterocycles. The van der Waals surface area contributed by atoms with E-state index in [-0.39, 0.29) is 12.0 Å². The normalized spacial score (nSPS) is 24.6. The first-order chi connectivity index (χ1) is 11.3. The zero-order chi connectivity index (χ0) is 15.6. The fourth-order valence-corrected chi connectivity index (χ4v) is 3.95. The van der Waals surface area contributed by atoms with E-state index in [1.165, 1.54) is 12.8 Å². The quantitative estimate of drug-likeness (QED) is 0.875. The molecule has 5 heteroatoms. The van der Waals surface area contributed by atoms with Crippen molar-refractivity contribution < 1.29 is 9.53 Å². The molecule has 2 atom stereocenters. The molecule has 1 saturated carbocycles. The molecule has 122 valence electrons. The van der Waals surface area contributed by atoms with Gasteiger partial charge in [0.15, 0.2) is 0 Å². The van der Waals surface area contributed by atoms with Crippen molar-refractivity contribution in [2.75, 3.05) is 13.2 Å². The molecule has 1 amide bonds. The number of fused-ring (bicyclic) bond motifs is 2. The number of aryl methyl sites for hydroxylation is 1. The molecule has 2 aromatic rings. The molecule has 0 radical (unpaired) electrons. The van der Waals surface area contributed by atoms with Crippen LogP contribution >= 0.6 is 0 Å². The Balaban J connectivity index is 1.43. The summed E-state index contributed by atoms with van der Waals surface area (Å²) in [6.45, 7) is 2.11. The van der Waals surface area contributed by atoms with Crippen LogP contribution in [-0.4, -0.2) is 45.7 Å². The fraction of sp³-hybridized carbons (Fsp3) is 0.556. The van der Waals surface area contributed by atoms with E-state index in [2.05, 4.69) is 20.5 Å². The van der Waals surface area contributed by atoms with E-state index in [1.54, 1.807) is 0 Å². The molecule has 0 bridgehead atoms. The molecule has 2 unspecified atom stereocenters. The number of ether oxygens (including phenoxy) is 1. The lowest BCUT2D eigenvalue weighted by molar-refractivity contribution is -0.149. The first-order valence-electron chi connectivity index (χ1n) is 8.64. The third-order valence-corrected chi connectivity index (χ3v) is 5.15. The number of carbonyl (C=O) groups is 1. The van der Waals surface area contributed by atoms with Gasteiger partial charge >= 0.3 is 0 Å². The highest BCUT2D eigenvalue weighted by molar-refractivity contribution is 5.78. The third-order valence-electron chi connectivity index (χ3n) is 5.15. The van der Waals surface area contributed by atoms with Gasteiger partial charge in [-0.2, -0.15) is 0 Å². The zero-order valence-corrected chi connectivity index (χ0v) is 13.4. The van der Waals surface area contributed by atoms with Crippen LogP contribution in [0.4, 0.5) is 0 Å². The number of para-hydroxylation sites is 2. The first-order valence-corrected chi connectivity index (χ1v) is 8.64. The van der Waals surface area contributed by atoms with Crippen molar-refractivity contribution in [1.29, 1.82) is 0 Å². The van der Waals surface area contributed by atoms with Gasteiger partial charge in [-0.1, -0.05) is 25.0 Å². The highest BCUT2D eigenvalue weighted by Gasteiger charge is 2.36. The molecular weight excluding hydrogens is 290 g/mol. The number of hydrogen-bond acceptors (Lipinski definition) is 3. The topological polar surface area (TPSA) is 47.4 Å². The third kappa shape index (κ3) is 2.85. The fourth-order valence-electron chi connectivity index (χ4n) is 3.95. The largest absolute Gasteiger partial charge is 0.374 e. The van der Waals surface area contributed by atoms with Crippen LogP contribution < -0.4 is 0 Å². The predicted octanol–water partition coefficient (Wildman–Crippen LogP) is 2.60. The number of rotatable bonds is 3. The molecule has 2 heterocycles. The lowest BCUT2D eigenvalue weighted by atomic mass is 9.90. The first kappa shape index (κ1) is 14.7. The summed E-state index contributed by atoms with van der Waals surface area (Å²) in [5.74, 6) is 0.253. The highest BCUT2D eigenvalue weighted by Crippen LogP contribution is 2.28. The van der Waals surface area contributed by atoms with Crippen LogP contribution in [0.15, 0.2) is 30.6 Å². The van der Waals surface area contributed by atoms with Gasteiger partial charge in [0.2, 0.25) is 5.91 Å². The van der Waals surface area contributed by atoms with Crippen molar-refractivity contribution in [3.05, 3.63) is 30.6 Å². The summed E-state index contributed by atoms with van der Waals surface area (Å²) in [6.07, 6.45) is 7.25. The van der Waals surface area contributed by atoms with Gasteiger partial charge < -0.3 is 14.2 Å². The molecule has 0 spiro atoms. The smallest absolute Gasteiger partial charge is 0.224 e. The maximum atomic E-state index is 12.7. The standard InChI is InChI=1S/C18H23N3O2/c22-18(21-11-12-23-17-8-4-3-7-16(17)21)9-10-20-13-19-14-5-1-2-6-15(14)20/h1-2,5-6,13,16-17H,3-4,7-12H2. The van der Waals surface area contributed by atoms with E-state index in [1.807, 2.05) is 24.5 Å². The van der Waals surface area contributed by atoms with Crippen LogP contribution in [-0.2, 0) is 16.1 Å². The number of aromatic nitrogens is 2. The summed E-state index contributed by atoms with van der Waals surface area (Å²) in [6, 6.07) is 8.35. The Hall–Kier alpha value is -1.88. The van der Waals surface area contributed by atoms with Gasteiger partial charge in [-0.25, -0.2) is 4.98 Å². The molecule has 2 fully saturated rings. The van der Waals surface area contributed by atoms with Crippen molar-refractivity contribution >= 4 is 16.9 Å². The number of amides is 1. The predicted molar refractivity (Wildman–Crippen MR) is 88.1 cm³/mol. The van der Waals surface area contributed by atoms with Crippen molar-refractivity contribution in [1.82, 2.24) is 14.5 Å². The average Bonchev–Trinajstić information content (AvgIpc) is 3.02. The molecule has 5 nitrogen and oxygen atoms in total. The maximum absolute atomic E-state index is 12.7. The SMILES string of the molecule is O=C(CCn1cnc2ccccc21)N1CCOC2CCCCC21. The molecule has 1 aliphatic heterocycles. The molecule has 23 heavy (non-hydrogen) atoms. The van der Waals surface area contributed by atoms with Crippen molar-refractivity contribution in [2.24, 2.45) is 0 Å². The molecule has 1 aliphatic carbocycles. The van der Waals surface area contributed by atoms with Crippen LogP contribution in [0.3, 0.4) is 0 Å². The summed E-state index contributed by atoms with van der Waals surface area (Å²) in [5.41, 5.74) is 2.08. The molecule has 4 rings (SSSR count). The van der Waals surface area contributed by atoms with Crippen molar-refractivity contribution in [3.8, 4) is 0 Å². The molecule has 1 aromatic carbocycles. The highest BCUT2D eigenvalue weighted by atomic mass is 16.5. The molecule has 1 saturated heterocycles. The van der Waals surface area contributed by atoms with E-state index in [4.69, 9.17) is 4.74 Å². The number of imidazole rings is 1. The molecular formula is C18H23N3O2. The lowest BCUT2D eigenvalue weighted by Gasteiger charge is -2.43. The monoisotopic (exact) mass is 313 g/mol. The minimum Gasteiger partial charge on any atom is -0.374 e. The number of nitrogens with zero attached hydrogens (tertiary/aromatic N) is 3. The van der Waals surface area contributed by atoms with Gasteiger partial charge in [-0.05, 0) is 25.0 Å². The summed E-state index contributed by atoms with van der Waals surface area (Å²) in [4.78, 5) is 19.2. The van der Waals surface area contributed by atoms with E-state index in [0.717, 1.165) is 30.4 Å². The maximum Gasteiger partial charge on any atom is 0.224 e. The van der Waals surface area contributed by atoms with Crippen LogP contribution in [0.25, 0.3) is 11.0 Å². The second kappa shape index (κ2) is 6.32. The average molecular weight is 313 g/mol. The summed E-state index contributed by atoms with van der Waals surface area (Å²) < 4.78 is 7.94. The number of benzene rings is 1. The van der Waals surface area contributed by atoms with Crippen LogP contribution in [0, 0.1) is 0 Å². The van der Waals surface area contributed by atoms with E-state index < -0.39 is 0 Å². The Labute approximate surface area is 136 Å². The summed E-state index contributed by atoms with van der Waals surface area (Å²) >= 11 is 0. The molecule has 0 N–H and O–H groups in total. The van der Waals surface area contributed by atoms with Gasteiger partial charge in [0.25, 0.3) is 0 Å². The second-order valence-corrected chi connectivity index (χ2v) is 6.52. The zero-order valence-electron chi connectivity index (χ0n) is 13.4. The van der Waals surface area contributed by atoms with E-state index >= 15 is 0 Å². The van der Waals surface area contributed by atoms with Gasteiger partial charge in [-0.3, -0.25) is 4.79 Å². The minimum atomic E-state index is 0.253. The van der Waals surface area contributed by atoms with E-state index in [0.29, 0.717) is 25.6 Å². The number of carbonyl (C=O) groups excluding carboxylic acids is 1.